The Morgan fingerprint density at radius 3 is 2.26 bits per heavy atom. The topological polar surface area (TPSA) is 66.4 Å². The van der Waals surface area contributed by atoms with E-state index >= 15 is 0 Å². The molecule has 0 spiro atoms. The van der Waals surface area contributed by atoms with Crippen LogP contribution in [0.3, 0.4) is 0 Å². The average Bonchev–Trinajstić information content (AvgIpc) is 2.55. The van der Waals surface area contributed by atoms with Crippen LogP contribution < -0.4 is 5.32 Å². The highest BCUT2D eigenvalue weighted by molar-refractivity contribution is 5.82. The summed E-state index contributed by atoms with van der Waals surface area (Å²) in [4.78, 5) is 23.4. The molecule has 2 aromatic rings. The molecule has 0 aliphatic rings. The first-order valence-electron chi connectivity index (χ1n) is 7.63. The number of nitrogens with one attached hydrogen (secondary N) is 1. The van der Waals surface area contributed by atoms with Gasteiger partial charge >= 0.3 is 5.97 Å². The van der Waals surface area contributed by atoms with Crippen LogP contribution in [0.4, 0.5) is 0 Å². The molecule has 1 atom stereocenters. The maximum atomic E-state index is 12.0. The van der Waals surface area contributed by atoms with Gasteiger partial charge in [-0.3, -0.25) is 9.59 Å². The lowest BCUT2D eigenvalue weighted by Gasteiger charge is -2.13. The molecule has 0 aliphatic heterocycles. The van der Waals surface area contributed by atoms with Gasteiger partial charge in [0.2, 0.25) is 5.91 Å². The molecule has 0 saturated heterocycles. The fourth-order valence-electron chi connectivity index (χ4n) is 2.35. The van der Waals surface area contributed by atoms with Crippen molar-refractivity contribution in [1.29, 1.82) is 0 Å². The number of aryl methyl sites for hydroxylation is 1. The maximum Gasteiger partial charge on any atom is 0.307 e. The van der Waals surface area contributed by atoms with E-state index in [9.17, 15) is 14.7 Å². The predicted molar refractivity (Wildman–Crippen MR) is 88.9 cm³/mol. The fraction of sp³-hybridized carbons (Fsp3) is 0.263. The zero-order valence-corrected chi connectivity index (χ0v) is 13.2. The molecule has 0 saturated carbocycles. The summed E-state index contributed by atoms with van der Waals surface area (Å²) in [7, 11) is 0. The Balaban J connectivity index is 1.89. The van der Waals surface area contributed by atoms with E-state index in [1.165, 1.54) is 0 Å². The summed E-state index contributed by atoms with van der Waals surface area (Å²) in [6.07, 6.45) is 0.338. The number of rotatable bonds is 7. The van der Waals surface area contributed by atoms with Crippen LogP contribution in [-0.4, -0.2) is 17.0 Å². The van der Waals surface area contributed by atoms with Crippen molar-refractivity contribution in [2.45, 2.75) is 26.3 Å². The van der Waals surface area contributed by atoms with E-state index in [1.807, 2.05) is 61.5 Å². The number of benzene rings is 2. The Morgan fingerprint density at radius 2 is 1.65 bits per heavy atom. The molecule has 0 fully saturated rings. The zero-order valence-electron chi connectivity index (χ0n) is 13.2. The van der Waals surface area contributed by atoms with Crippen molar-refractivity contribution < 1.29 is 14.7 Å². The standard InChI is InChI=1S/C19H21NO3/c1-14-7-9-15(10-8-14)11-17(19(22)23)12-18(21)20-13-16-5-3-2-4-6-16/h2-10,17H,11-13H2,1H3,(H,20,21)(H,22,23)/t17-/m0/s1. The zero-order chi connectivity index (χ0) is 16.7. The van der Waals surface area contributed by atoms with Gasteiger partial charge in [-0.25, -0.2) is 0 Å². The highest BCUT2D eigenvalue weighted by Crippen LogP contribution is 2.14. The Morgan fingerprint density at radius 1 is 1.00 bits per heavy atom. The Bertz CT molecular complexity index is 650. The Labute approximate surface area is 136 Å². The van der Waals surface area contributed by atoms with Crippen LogP contribution in [0.15, 0.2) is 54.6 Å². The van der Waals surface area contributed by atoms with Crippen LogP contribution in [0.1, 0.15) is 23.1 Å². The molecule has 0 aliphatic carbocycles. The van der Waals surface area contributed by atoms with Crippen molar-refractivity contribution in [2.75, 3.05) is 0 Å². The van der Waals surface area contributed by atoms with Crippen molar-refractivity contribution in [1.82, 2.24) is 5.32 Å². The van der Waals surface area contributed by atoms with Crippen LogP contribution in [-0.2, 0) is 22.6 Å². The highest BCUT2D eigenvalue weighted by Gasteiger charge is 2.21. The third kappa shape index (κ3) is 5.58. The van der Waals surface area contributed by atoms with Gasteiger partial charge < -0.3 is 10.4 Å². The molecule has 2 rings (SSSR count). The second kappa shape index (κ2) is 8.13. The molecule has 120 valence electrons. The van der Waals surface area contributed by atoms with Crippen LogP contribution in [0.5, 0.6) is 0 Å². The van der Waals surface area contributed by atoms with E-state index < -0.39 is 11.9 Å². The van der Waals surface area contributed by atoms with Crippen LogP contribution in [0.25, 0.3) is 0 Å². The number of aliphatic carboxylic acids is 1. The molecule has 0 heterocycles. The molecule has 4 nitrogen and oxygen atoms in total. The van der Waals surface area contributed by atoms with Crippen molar-refractivity contribution in [3.63, 3.8) is 0 Å². The SMILES string of the molecule is Cc1ccc(C[C@@H](CC(=O)NCc2ccccc2)C(=O)O)cc1. The predicted octanol–water partition coefficient (Wildman–Crippen LogP) is 2.94. The number of carbonyl (C=O) groups excluding carboxylic acids is 1. The minimum atomic E-state index is -0.944. The highest BCUT2D eigenvalue weighted by atomic mass is 16.4. The lowest BCUT2D eigenvalue weighted by atomic mass is 9.95. The molecule has 0 radical (unpaired) electrons. The van der Waals surface area contributed by atoms with Gasteiger partial charge in [-0.2, -0.15) is 0 Å². The molecule has 0 bridgehead atoms. The molecule has 1 amide bonds. The normalized spacial score (nSPS) is 11.7. The number of hydrogen-bond donors (Lipinski definition) is 2. The van der Waals surface area contributed by atoms with Gasteiger partial charge in [0.1, 0.15) is 0 Å². The van der Waals surface area contributed by atoms with E-state index in [0.29, 0.717) is 13.0 Å². The lowest BCUT2D eigenvalue weighted by molar-refractivity contribution is -0.144. The van der Waals surface area contributed by atoms with Crippen molar-refractivity contribution in [3.8, 4) is 0 Å². The smallest absolute Gasteiger partial charge is 0.307 e. The van der Waals surface area contributed by atoms with E-state index in [1.54, 1.807) is 0 Å². The fourth-order valence-corrected chi connectivity index (χ4v) is 2.35. The van der Waals surface area contributed by atoms with Gasteiger partial charge in [0.05, 0.1) is 5.92 Å². The number of carbonyl (C=O) groups is 2. The number of hydrogen-bond acceptors (Lipinski definition) is 2. The van der Waals surface area contributed by atoms with Crippen molar-refractivity contribution in [3.05, 3.63) is 71.3 Å². The molecule has 2 N–H and O–H groups in total. The largest absolute Gasteiger partial charge is 0.481 e. The molecule has 4 heteroatoms. The summed E-state index contributed by atoms with van der Waals surface area (Å²) in [5.74, 6) is -1.90. The number of carboxylic acids is 1. The summed E-state index contributed by atoms with van der Waals surface area (Å²) in [5, 5.41) is 12.1. The van der Waals surface area contributed by atoms with E-state index in [2.05, 4.69) is 5.32 Å². The first-order valence-corrected chi connectivity index (χ1v) is 7.63. The van der Waals surface area contributed by atoms with Gasteiger partial charge in [-0.15, -0.1) is 0 Å². The van der Waals surface area contributed by atoms with Crippen LogP contribution >= 0.6 is 0 Å². The van der Waals surface area contributed by atoms with Gasteiger partial charge in [0, 0.05) is 13.0 Å². The molecule has 0 aromatic heterocycles. The van der Waals surface area contributed by atoms with E-state index in [4.69, 9.17) is 0 Å². The van der Waals surface area contributed by atoms with Crippen molar-refractivity contribution >= 4 is 11.9 Å². The molecular weight excluding hydrogens is 290 g/mol. The van der Waals surface area contributed by atoms with E-state index in [0.717, 1.165) is 16.7 Å². The summed E-state index contributed by atoms with van der Waals surface area (Å²) in [5.41, 5.74) is 3.05. The molecular formula is C19H21NO3. The second-order valence-corrected chi connectivity index (χ2v) is 5.69. The van der Waals surface area contributed by atoms with Gasteiger partial charge in [0.15, 0.2) is 0 Å². The quantitative estimate of drug-likeness (QED) is 0.826. The maximum absolute atomic E-state index is 12.0. The van der Waals surface area contributed by atoms with Gasteiger partial charge in [-0.05, 0) is 24.5 Å². The monoisotopic (exact) mass is 311 g/mol. The van der Waals surface area contributed by atoms with E-state index in [-0.39, 0.29) is 12.3 Å². The average molecular weight is 311 g/mol. The number of amides is 1. The molecule has 0 unspecified atom stereocenters. The summed E-state index contributed by atoms with van der Waals surface area (Å²) in [6.45, 7) is 2.39. The third-order valence-corrected chi connectivity index (χ3v) is 3.72. The summed E-state index contributed by atoms with van der Waals surface area (Å²) < 4.78 is 0. The van der Waals surface area contributed by atoms with Gasteiger partial charge in [-0.1, -0.05) is 60.2 Å². The Kier molecular flexibility index (Phi) is 5.92. The van der Waals surface area contributed by atoms with Crippen LogP contribution in [0.2, 0.25) is 0 Å². The lowest BCUT2D eigenvalue weighted by Crippen LogP contribution is -2.29. The molecule has 2 aromatic carbocycles. The second-order valence-electron chi connectivity index (χ2n) is 5.69. The summed E-state index contributed by atoms with van der Waals surface area (Å²) in [6, 6.07) is 17.3. The Hall–Kier alpha value is -2.62. The first-order chi connectivity index (χ1) is 11.0. The van der Waals surface area contributed by atoms with Gasteiger partial charge in [0.25, 0.3) is 0 Å². The number of carboxylic acid groups (broad SMARTS) is 1. The third-order valence-electron chi connectivity index (χ3n) is 3.72. The summed E-state index contributed by atoms with van der Waals surface area (Å²) >= 11 is 0. The molecule has 23 heavy (non-hydrogen) atoms. The van der Waals surface area contributed by atoms with Crippen molar-refractivity contribution in [2.24, 2.45) is 5.92 Å². The van der Waals surface area contributed by atoms with Crippen LogP contribution in [0, 0.1) is 12.8 Å². The minimum absolute atomic E-state index is 0.0178. The minimum Gasteiger partial charge on any atom is -0.481 e. The first kappa shape index (κ1) is 16.7.